The van der Waals surface area contributed by atoms with Crippen LogP contribution in [-0.4, -0.2) is 37.2 Å². The van der Waals surface area contributed by atoms with Gasteiger partial charge in [0.15, 0.2) is 6.10 Å². The van der Waals surface area contributed by atoms with E-state index in [1.54, 1.807) is 0 Å². The predicted molar refractivity (Wildman–Crippen MR) is 321 cm³/mol. The van der Waals surface area contributed by atoms with Crippen LogP contribution in [0.1, 0.15) is 348 Å². The summed E-state index contributed by atoms with van der Waals surface area (Å²) in [6.07, 6.45) is 78.3. The van der Waals surface area contributed by atoms with Crippen LogP contribution in [0.2, 0.25) is 0 Å². The third-order valence-electron chi connectivity index (χ3n) is 14.6. The lowest BCUT2D eigenvalue weighted by atomic mass is 10.0. The van der Waals surface area contributed by atoms with Crippen LogP contribution < -0.4 is 0 Å². The summed E-state index contributed by atoms with van der Waals surface area (Å²) in [5.74, 6) is -0.866. The van der Waals surface area contributed by atoms with Crippen molar-refractivity contribution in [3.63, 3.8) is 0 Å². The van der Waals surface area contributed by atoms with E-state index < -0.39 is 6.10 Å². The van der Waals surface area contributed by atoms with E-state index >= 15 is 0 Å². The average Bonchev–Trinajstić information content (AvgIpc) is 3.40. The number of carbonyl (C=O) groups is 3. The average molecular weight is 1040 g/mol. The standard InChI is InChI=1S/C68H124O6/c1-4-7-10-13-16-19-22-25-28-31-33-34-35-38-40-43-46-49-52-55-58-61-67(70)73-64-65(63-72-66(69)60-57-54-51-48-45-42-39-36-30-27-24-21-18-15-12-9-6-3)74-68(71)62-59-56-53-50-47-44-41-37-32-29-26-23-20-17-14-11-8-5-2/h9,12,18,21,27,29-30,32,65H,4-8,10-11,13-17,19-20,22-26,28,31,33-64H2,1-3H3/b12-9-,21-18-,30-27-,32-29-. The summed E-state index contributed by atoms with van der Waals surface area (Å²) in [5, 5.41) is 0. The van der Waals surface area contributed by atoms with Gasteiger partial charge in [-0.15, -0.1) is 0 Å². The van der Waals surface area contributed by atoms with Gasteiger partial charge in [-0.25, -0.2) is 0 Å². The van der Waals surface area contributed by atoms with E-state index in [-0.39, 0.29) is 31.1 Å². The Bertz CT molecular complexity index is 1280. The summed E-state index contributed by atoms with van der Waals surface area (Å²) in [7, 11) is 0. The summed E-state index contributed by atoms with van der Waals surface area (Å²) >= 11 is 0. The van der Waals surface area contributed by atoms with Crippen molar-refractivity contribution in [3.8, 4) is 0 Å². The Hall–Kier alpha value is -2.63. The minimum Gasteiger partial charge on any atom is -0.462 e. The minimum absolute atomic E-state index is 0.0742. The molecule has 0 bridgehead atoms. The third kappa shape index (κ3) is 60.2. The summed E-state index contributed by atoms with van der Waals surface area (Å²) in [4.78, 5) is 38.4. The van der Waals surface area contributed by atoms with Crippen LogP contribution in [0.15, 0.2) is 48.6 Å². The van der Waals surface area contributed by atoms with Gasteiger partial charge in [0.1, 0.15) is 13.2 Å². The summed E-state index contributed by atoms with van der Waals surface area (Å²) in [6, 6.07) is 0. The smallest absolute Gasteiger partial charge is 0.306 e. The maximum atomic E-state index is 12.9. The first-order valence-corrected chi connectivity index (χ1v) is 32.6. The van der Waals surface area contributed by atoms with E-state index in [1.807, 2.05) is 0 Å². The Morgan fingerprint density at radius 2 is 0.527 bits per heavy atom. The monoisotopic (exact) mass is 1040 g/mol. The van der Waals surface area contributed by atoms with Gasteiger partial charge in [0.05, 0.1) is 0 Å². The van der Waals surface area contributed by atoms with E-state index in [1.165, 1.54) is 225 Å². The van der Waals surface area contributed by atoms with Crippen molar-refractivity contribution in [2.24, 2.45) is 0 Å². The normalized spacial score (nSPS) is 12.3. The molecule has 0 aliphatic rings. The molecule has 6 heteroatoms. The molecule has 0 fully saturated rings. The zero-order chi connectivity index (χ0) is 53.6. The number of esters is 3. The summed E-state index contributed by atoms with van der Waals surface area (Å²) in [5.41, 5.74) is 0. The largest absolute Gasteiger partial charge is 0.462 e. The minimum atomic E-state index is -0.779. The zero-order valence-electron chi connectivity index (χ0n) is 49.6. The molecular weight excluding hydrogens is 913 g/mol. The maximum Gasteiger partial charge on any atom is 0.306 e. The molecule has 0 amide bonds. The van der Waals surface area contributed by atoms with Gasteiger partial charge < -0.3 is 14.2 Å². The molecule has 0 aromatic heterocycles. The first-order valence-electron chi connectivity index (χ1n) is 32.6. The van der Waals surface area contributed by atoms with Gasteiger partial charge in [-0.05, 0) is 77.0 Å². The SMILES string of the molecule is CC/C=C\C/C=C\C/C=C\CCCCCCCCCC(=O)OCC(COC(=O)CCCCCCCCCCCCCCCCCCCCCCC)OC(=O)CCCCCCCCC/C=C\CCCCCCCCC. The second-order valence-corrected chi connectivity index (χ2v) is 22.0. The van der Waals surface area contributed by atoms with Crippen molar-refractivity contribution in [3.05, 3.63) is 48.6 Å². The number of unbranched alkanes of at least 4 members (excludes halogenated alkanes) is 41. The van der Waals surface area contributed by atoms with Crippen molar-refractivity contribution < 1.29 is 28.6 Å². The fourth-order valence-electron chi connectivity index (χ4n) is 9.69. The molecular formula is C68H124O6. The molecule has 1 atom stereocenters. The van der Waals surface area contributed by atoms with Crippen LogP contribution in [-0.2, 0) is 28.6 Å². The second-order valence-electron chi connectivity index (χ2n) is 22.0. The van der Waals surface area contributed by atoms with Gasteiger partial charge in [-0.2, -0.15) is 0 Å². The van der Waals surface area contributed by atoms with Gasteiger partial charge in [0, 0.05) is 19.3 Å². The highest BCUT2D eigenvalue weighted by Crippen LogP contribution is 2.18. The van der Waals surface area contributed by atoms with Gasteiger partial charge in [0.2, 0.25) is 0 Å². The molecule has 0 rings (SSSR count). The molecule has 0 saturated carbocycles. The molecule has 0 aliphatic carbocycles. The fourth-order valence-corrected chi connectivity index (χ4v) is 9.69. The molecule has 0 heterocycles. The van der Waals surface area contributed by atoms with Crippen molar-refractivity contribution in [2.75, 3.05) is 13.2 Å². The van der Waals surface area contributed by atoms with Gasteiger partial charge in [0.25, 0.3) is 0 Å². The molecule has 0 saturated heterocycles. The number of carbonyl (C=O) groups excluding carboxylic acids is 3. The quantitative estimate of drug-likeness (QED) is 0.0261. The lowest BCUT2D eigenvalue weighted by Crippen LogP contribution is -2.30. The van der Waals surface area contributed by atoms with Crippen LogP contribution in [0.25, 0.3) is 0 Å². The van der Waals surface area contributed by atoms with Gasteiger partial charge in [-0.1, -0.05) is 301 Å². The molecule has 0 spiro atoms. The van der Waals surface area contributed by atoms with Crippen molar-refractivity contribution >= 4 is 17.9 Å². The first kappa shape index (κ1) is 71.4. The number of hydrogen-bond donors (Lipinski definition) is 0. The zero-order valence-corrected chi connectivity index (χ0v) is 49.6. The van der Waals surface area contributed by atoms with Crippen LogP contribution in [0.3, 0.4) is 0 Å². The topological polar surface area (TPSA) is 78.9 Å². The lowest BCUT2D eigenvalue weighted by Gasteiger charge is -2.18. The highest BCUT2D eigenvalue weighted by atomic mass is 16.6. The molecule has 0 aliphatic heterocycles. The van der Waals surface area contributed by atoms with Crippen molar-refractivity contribution in [1.29, 1.82) is 0 Å². The summed E-state index contributed by atoms with van der Waals surface area (Å²) in [6.45, 7) is 6.58. The number of hydrogen-bond acceptors (Lipinski definition) is 6. The van der Waals surface area contributed by atoms with Crippen LogP contribution >= 0.6 is 0 Å². The van der Waals surface area contributed by atoms with E-state index in [0.717, 1.165) is 83.5 Å². The molecule has 0 N–H and O–H groups in total. The first-order chi connectivity index (χ1) is 36.5. The summed E-state index contributed by atoms with van der Waals surface area (Å²) < 4.78 is 17.0. The maximum absolute atomic E-state index is 12.9. The highest BCUT2D eigenvalue weighted by molar-refractivity contribution is 5.71. The van der Waals surface area contributed by atoms with Gasteiger partial charge in [-0.3, -0.25) is 14.4 Å². The number of rotatable bonds is 60. The Morgan fingerprint density at radius 1 is 0.284 bits per heavy atom. The molecule has 432 valence electrons. The number of allylic oxidation sites excluding steroid dienone is 8. The third-order valence-corrected chi connectivity index (χ3v) is 14.6. The Labute approximate surface area is 460 Å². The molecule has 0 aromatic rings. The van der Waals surface area contributed by atoms with Crippen molar-refractivity contribution in [2.45, 2.75) is 354 Å². The van der Waals surface area contributed by atoms with Crippen LogP contribution in [0.4, 0.5) is 0 Å². The second kappa shape index (κ2) is 62.9. The van der Waals surface area contributed by atoms with Crippen LogP contribution in [0.5, 0.6) is 0 Å². The van der Waals surface area contributed by atoms with Crippen molar-refractivity contribution in [1.82, 2.24) is 0 Å². The van der Waals surface area contributed by atoms with E-state index in [0.29, 0.717) is 19.3 Å². The van der Waals surface area contributed by atoms with Crippen LogP contribution in [0, 0.1) is 0 Å². The fraction of sp³-hybridized carbons (Fsp3) is 0.838. The van der Waals surface area contributed by atoms with E-state index in [9.17, 15) is 14.4 Å². The molecule has 6 nitrogen and oxygen atoms in total. The highest BCUT2D eigenvalue weighted by Gasteiger charge is 2.19. The molecule has 74 heavy (non-hydrogen) atoms. The van der Waals surface area contributed by atoms with E-state index in [4.69, 9.17) is 14.2 Å². The molecule has 0 aromatic carbocycles. The number of ether oxygens (including phenoxy) is 3. The Morgan fingerprint density at radius 3 is 0.838 bits per heavy atom. The lowest BCUT2D eigenvalue weighted by molar-refractivity contribution is -0.167. The van der Waals surface area contributed by atoms with E-state index in [2.05, 4.69) is 69.4 Å². The Balaban J connectivity index is 4.33. The molecule has 0 radical (unpaired) electrons. The predicted octanol–water partition coefficient (Wildman–Crippen LogP) is 22.2. The Kier molecular flexibility index (Phi) is 60.7. The molecule has 1 unspecified atom stereocenters. The van der Waals surface area contributed by atoms with Gasteiger partial charge >= 0.3 is 17.9 Å².